The van der Waals surface area contributed by atoms with Gasteiger partial charge in [0.2, 0.25) is 0 Å². The smallest absolute Gasteiger partial charge is 0.0650 e. The van der Waals surface area contributed by atoms with Gasteiger partial charge >= 0.3 is 0 Å². The molecule has 2 heteroatoms. The van der Waals surface area contributed by atoms with Crippen LogP contribution in [0.3, 0.4) is 0 Å². The standard InChI is InChI=1S/C19H36O2/c1-14(2)16-8-10-17(19(4,21)13-16)9-7-15-6-5-11-18(3,20)12-15/h14-17,20-21H,5-13H2,1-4H3/t15-,16?,17?,18-,19?/m0/s1. The van der Waals surface area contributed by atoms with Crippen LogP contribution >= 0.6 is 0 Å². The van der Waals surface area contributed by atoms with Crippen LogP contribution in [0.5, 0.6) is 0 Å². The van der Waals surface area contributed by atoms with Crippen molar-refractivity contribution in [2.24, 2.45) is 23.7 Å². The second kappa shape index (κ2) is 6.58. The molecule has 0 heterocycles. The lowest BCUT2D eigenvalue weighted by atomic mass is 9.66. The lowest BCUT2D eigenvalue weighted by Gasteiger charge is -2.43. The van der Waals surface area contributed by atoms with Crippen molar-refractivity contribution in [3.05, 3.63) is 0 Å². The lowest BCUT2D eigenvalue weighted by molar-refractivity contribution is -0.0649. The van der Waals surface area contributed by atoms with Gasteiger partial charge in [-0.25, -0.2) is 0 Å². The average molecular weight is 296 g/mol. The van der Waals surface area contributed by atoms with Crippen LogP contribution in [0.15, 0.2) is 0 Å². The fraction of sp³-hybridized carbons (Fsp3) is 1.00. The minimum atomic E-state index is -0.482. The maximum atomic E-state index is 10.8. The summed E-state index contributed by atoms with van der Waals surface area (Å²) in [5.74, 6) is 2.49. The van der Waals surface area contributed by atoms with E-state index in [0.717, 1.165) is 32.1 Å². The van der Waals surface area contributed by atoms with E-state index in [9.17, 15) is 10.2 Å². The number of hydrogen-bond donors (Lipinski definition) is 2. The summed E-state index contributed by atoms with van der Waals surface area (Å²) in [6, 6.07) is 0. The van der Waals surface area contributed by atoms with E-state index >= 15 is 0 Å². The Bertz CT molecular complexity index is 332. The predicted molar refractivity (Wildman–Crippen MR) is 88.1 cm³/mol. The Morgan fingerprint density at radius 3 is 2.29 bits per heavy atom. The van der Waals surface area contributed by atoms with Crippen LogP contribution < -0.4 is 0 Å². The maximum Gasteiger partial charge on any atom is 0.0650 e. The highest BCUT2D eigenvalue weighted by molar-refractivity contribution is 4.91. The average Bonchev–Trinajstić information content (AvgIpc) is 2.35. The van der Waals surface area contributed by atoms with E-state index in [0.29, 0.717) is 23.7 Å². The summed E-state index contributed by atoms with van der Waals surface area (Å²) in [5.41, 5.74) is -0.925. The normalized spacial score (nSPS) is 45.0. The summed E-state index contributed by atoms with van der Waals surface area (Å²) in [4.78, 5) is 0. The molecule has 5 atom stereocenters. The quantitative estimate of drug-likeness (QED) is 0.800. The molecular weight excluding hydrogens is 260 g/mol. The van der Waals surface area contributed by atoms with E-state index in [1.54, 1.807) is 0 Å². The molecule has 2 fully saturated rings. The maximum absolute atomic E-state index is 10.8. The van der Waals surface area contributed by atoms with Gasteiger partial charge < -0.3 is 10.2 Å². The van der Waals surface area contributed by atoms with Gasteiger partial charge in [0, 0.05) is 0 Å². The summed E-state index contributed by atoms with van der Waals surface area (Å²) < 4.78 is 0. The van der Waals surface area contributed by atoms with Gasteiger partial charge in [0.25, 0.3) is 0 Å². The second-order valence-electron chi connectivity index (χ2n) is 8.88. The van der Waals surface area contributed by atoms with Gasteiger partial charge in [-0.15, -0.1) is 0 Å². The first-order chi connectivity index (χ1) is 9.70. The van der Waals surface area contributed by atoms with Crippen LogP contribution in [0, 0.1) is 23.7 Å². The molecule has 0 aromatic carbocycles. The third-order valence-corrected chi connectivity index (χ3v) is 6.36. The third kappa shape index (κ3) is 4.69. The van der Waals surface area contributed by atoms with Crippen molar-refractivity contribution in [1.29, 1.82) is 0 Å². The van der Waals surface area contributed by atoms with Gasteiger partial charge in [0.15, 0.2) is 0 Å². The van der Waals surface area contributed by atoms with E-state index in [1.807, 2.05) is 6.92 Å². The van der Waals surface area contributed by atoms with Crippen LogP contribution in [0.25, 0.3) is 0 Å². The van der Waals surface area contributed by atoms with Crippen LogP contribution in [-0.4, -0.2) is 21.4 Å². The molecule has 0 radical (unpaired) electrons. The van der Waals surface area contributed by atoms with Gasteiger partial charge in [-0.1, -0.05) is 26.7 Å². The largest absolute Gasteiger partial charge is 0.390 e. The Kier molecular flexibility index (Phi) is 5.41. The molecule has 0 aromatic rings. The highest BCUT2D eigenvalue weighted by atomic mass is 16.3. The molecule has 2 aliphatic carbocycles. The number of hydrogen-bond acceptors (Lipinski definition) is 2. The van der Waals surface area contributed by atoms with Gasteiger partial charge in [-0.2, -0.15) is 0 Å². The highest BCUT2D eigenvalue weighted by Gasteiger charge is 2.40. The van der Waals surface area contributed by atoms with Crippen molar-refractivity contribution in [2.75, 3.05) is 0 Å². The van der Waals surface area contributed by atoms with E-state index in [2.05, 4.69) is 20.8 Å². The van der Waals surface area contributed by atoms with E-state index < -0.39 is 11.2 Å². The molecule has 2 rings (SSSR count). The van der Waals surface area contributed by atoms with Gasteiger partial charge in [-0.3, -0.25) is 0 Å². The minimum absolute atomic E-state index is 0.444. The first kappa shape index (κ1) is 17.3. The molecule has 2 aliphatic rings. The molecule has 3 unspecified atom stereocenters. The zero-order chi connectivity index (χ0) is 15.7. The minimum Gasteiger partial charge on any atom is -0.390 e. The molecule has 2 nitrogen and oxygen atoms in total. The monoisotopic (exact) mass is 296 g/mol. The SMILES string of the molecule is CC(C)C1CCC(CC[C@@H]2CCC[C@](C)(O)C2)C(C)(O)C1. The second-order valence-corrected chi connectivity index (χ2v) is 8.88. The molecule has 0 aromatic heterocycles. The molecule has 2 N–H and O–H groups in total. The van der Waals surface area contributed by atoms with Crippen LogP contribution in [-0.2, 0) is 0 Å². The van der Waals surface area contributed by atoms with Crippen molar-refractivity contribution in [3.8, 4) is 0 Å². The van der Waals surface area contributed by atoms with Crippen molar-refractivity contribution in [2.45, 2.75) is 96.7 Å². The van der Waals surface area contributed by atoms with E-state index in [1.165, 1.54) is 25.7 Å². The Labute approximate surface area is 131 Å². The van der Waals surface area contributed by atoms with Crippen LogP contribution in [0.2, 0.25) is 0 Å². The number of rotatable bonds is 4. The fourth-order valence-corrected chi connectivity index (χ4v) is 4.83. The van der Waals surface area contributed by atoms with Gasteiger partial charge in [0.1, 0.15) is 0 Å². The van der Waals surface area contributed by atoms with Crippen molar-refractivity contribution in [3.63, 3.8) is 0 Å². The Hall–Kier alpha value is -0.0800. The van der Waals surface area contributed by atoms with Crippen molar-refractivity contribution < 1.29 is 10.2 Å². The molecule has 124 valence electrons. The van der Waals surface area contributed by atoms with Crippen LogP contribution in [0.4, 0.5) is 0 Å². The first-order valence-corrected chi connectivity index (χ1v) is 9.14. The van der Waals surface area contributed by atoms with Crippen LogP contribution in [0.1, 0.15) is 85.5 Å². The Morgan fingerprint density at radius 1 is 1.00 bits per heavy atom. The summed E-state index contributed by atoms with van der Waals surface area (Å²) in [7, 11) is 0. The molecule has 0 bridgehead atoms. The molecule has 2 saturated carbocycles. The van der Waals surface area contributed by atoms with Gasteiger partial charge in [0.05, 0.1) is 11.2 Å². The molecular formula is C19H36O2. The Morgan fingerprint density at radius 2 is 1.71 bits per heavy atom. The summed E-state index contributed by atoms with van der Waals surface area (Å²) in [5, 5.41) is 21.1. The Balaban J connectivity index is 1.83. The highest BCUT2D eigenvalue weighted by Crippen LogP contribution is 2.43. The third-order valence-electron chi connectivity index (χ3n) is 6.36. The number of aliphatic hydroxyl groups is 2. The first-order valence-electron chi connectivity index (χ1n) is 9.14. The van der Waals surface area contributed by atoms with Crippen molar-refractivity contribution >= 4 is 0 Å². The summed E-state index contributed by atoms with van der Waals surface area (Å²) in [6.45, 7) is 8.61. The molecule has 0 spiro atoms. The molecule has 0 aliphatic heterocycles. The predicted octanol–water partition coefficient (Wildman–Crippen LogP) is 4.53. The van der Waals surface area contributed by atoms with E-state index in [-0.39, 0.29) is 0 Å². The lowest BCUT2D eigenvalue weighted by Crippen LogP contribution is -2.42. The molecule has 21 heavy (non-hydrogen) atoms. The van der Waals surface area contributed by atoms with Crippen molar-refractivity contribution in [1.82, 2.24) is 0 Å². The zero-order valence-corrected chi connectivity index (χ0v) is 14.6. The van der Waals surface area contributed by atoms with E-state index in [4.69, 9.17) is 0 Å². The van der Waals surface area contributed by atoms with Gasteiger partial charge in [-0.05, 0) is 82.5 Å². The zero-order valence-electron chi connectivity index (χ0n) is 14.6. The fourth-order valence-electron chi connectivity index (χ4n) is 4.83. The summed E-state index contributed by atoms with van der Waals surface area (Å²) in [6.07, 6.45) is 10.1. The summed E-state index contributed by atoms with van der Waals surface area (Å²) >= 11 is 0. The topological polar surface area (TPSA) is 40.5 Å². The molecule has 0 amide bonds. The molecule has 0 saturated heterocycles.